The maximum Gasteiger partial charge on any atom is 0.354 e. The van der Waals surface area contributed by atoms with E-state index in [0.29, 0.717) is 10.7 Å². The minimum Gasteiger partial charge on any atom is -0.477 e. The summed E-state index contributed by atoms with van der Waals surface area (Å²) in [5.41, 5.74) is 2.41. The maximum atomic E-state index is 11.0. The van der Waals surface area contributed by atoms with Crippen LogP contribution in [-0.2, 0) is 7.05 Å². The van der Waals surface area contributed by atoms with Crippen molar-refractivity contribution in [3.63, 3.8) is 0 Å². The number of aromatic amines is 1. The van der Waals surface area contributed by atoms with Gasteiger partial charge in [0.25, 0.3) is 0 Å². The van der Waals surface area contributed by atoms with Gasteiger partial charge in [0.1, 0.15) is 5.69 Å². The Bertz CT molecular complexity index is 788. The molecule has 96 valence electrons. The topological polar surface area (TPSA) is 70.9 Å². The Morgan fingerprint density at radius 2 is 2.26 bits per heavy atom. The number of aromatic nitrogens is 3. The number of carboxylic acid groups (broad SMARTS) is 1. The van der Waals surface area contributed by atoms with E-state index in [1.165, 1.54) is 10.7 Å². The molecule has 1 aromatic carbocycles. The third-order valence-electron chi connectivity index (χ3n) is 3.03. The van der Waals surface area contributed by atoms with E-state index in [4.69, 9.17) is 16.7 Å². The molecule has 0 amide bonds. The lowest BCUT2D eigenvalue weighted by Gasteiger charge is -1.97. The van der Waals surface area contributed by atoms with Crippen LogP contribution in [0, 0.1) is 0 Å². The van der Waals surface area contributed by atoms with Gasteiger partial charge in [-0.15, -0.1) is 0 Å². The van der Waals surface area contributed by atoms with Gasteiger partial charge in [0.15, 0.2) is 0 Å². The average molecular weight is 276 g/mol. The molecule has 0 spiro atoms. The highest BCUT2D eigenvalue weighted by Gasteiger charge is 2.16. The first-order valence-corrected chi connectivity index (χ1v) is 5.99. The Hall–Kier alpha value is -2.27. The van der Waals surface area contributed by atoms with Crippen LogP contribution in [0.4, 0.5) is 0 Å². The number of aryl methyl sites for hydroxylation is 1. The van der Waals surface area contributed by atoms with Crippen LogP contribution >= 0.6 is 11.6 Å². The zero-order valence-corrected chi connectivity index (χ0v) is 10.8. The fourth-order valence-corrected chi connectivity index (χ4v) is 2.42. The molecule has 0 saturated carbocycles. The highest BCUT2D eigenvalue weighted by molar-refractivity contribution is 6.36. The number of H-pyrrole nitrogens is 1. The first-order valence-electron chi connectivity index (χ1n) is 5.61. The summed E-state index contributed by atoms with van der Waals surface area (Å²) in [5, 5.41) is 14.7. The SMILES string of the molecule is Cn1nc(-c2c[nH]c3cccc(Cl)c23)cc1C(=O)O. The molecule has 19 heavy (non-hydrogen) atoms. The number of carboxylic acids is 1. The summed E-state index contributed by atoms with van der Waals surface area (Å²) >= 11 is 6.19. The minimum atomic E-state index is -1.01. The molecule has 5 nitrogen and oxygen atoms in total. The molecule has 3 aromatic rings. The number of nitrogens with one attached hydrogen (secondary N) is 1. The average Bonchev–Trinajstić information content (AvgIpc) is 2.93. The Morgan fingerprint density at radius 1 is 1.47 bits per heavy atom. The van der Waals surface area contributed by atoms with E-state index in [-0.39, 0.29) is 5.69 Å². The molecule has 0 atom stereocenters. The molecule has 2 N–H and O–H groups in total. The van der Waals surface area contributed by atoms with E-state index in [1.54, 1.807) is 19.3 Å². The van der Waals surface area contributed by atoms with E-state index in [0.717, 1.165) is 16.5 Å². The van der Waals surface area contributed by atoms with Crippen molar-refractivity contribution in [1.82, 2.24) is 14.8 Å². The molecule has 6 heteroatoms. The molecular weight excluding hydrogens is 266 g/mol. The second kappa shape index (κ2) is 4.13. The van der Waals surface area contributed by atoms with Gasteiger partial charge in [0.2, 0.25) is 0 Å². The van der Waals surface area contributed by atoms with Crippen LogP contribution in [0.25, 0.3) is 22.2 Å². The lowest BCUT2D eigenvalue weighted by Crippen LogP contribution is -2.04. The van der Waals surface area contributed by atoms with Crippen molar-refractivity contribution in [2.45, 2.75) is 0 Å². The Kier molecular flexibility index (Phi) is 2.57. The first-order chi connectivity index (χ1) is 9.08. The van der Waals surface area contributed by atoms with E-state index in [2.05, 4.69) is 10.1 Å². The molecule has 2 heterocycles. The Labute approximate surface area is 113 Å². The van der Waals surface area contributed by atoms with Crippen LogP contribution in [0.5, 0.6) is 0 Å². The quantitative estimate of drug-likeness (QED) is 0.755. The monoisotopic (exact) mass is 275 g/mol. The van der Waals surface area contributed by atoms with Crippen molar-refractivity contribution in [2.24, 2.45) is 7.05 Å². The lowest BCUT2D eigenvalue weighted by molar-refractivity contribution is 0.0685. The van der Waals surface area contributed by atoms with Gasteiger partial charge in [-0.05, 0) is 18.2 Å². The van der Waals surface area contributed by atoms with E-state index in [9.17, 15) is 4.79 Å². The van der Waals surface area contributed by atoms with Crippen molar-refractivity contribution < 1.29 is 9.90 Å². The van der Waals surface area contributed by atoms with Crippen LogP contribution in [0.2, 0.25) is 5.02 Å². The van der Waals surface area contributed by atoms with Crippen LogP contribution in [0.15, 0.2) is 30.5 Å². The number of hydrogen-bond donors (Lipinski definition) is 2. The molecular formula is C13H10ClN3O2. The van der Waals surface area contributed by atoms with Crippen LogP contribution in [-0.4, -0.2) is 25.8 Å². The number of carbonyl (C=O) groups is 1. The van der Waals surface area contributed by atoms with Crippen molar-refractivity contribution in [3.8, 4) is 11.3 Å². The van der Waals surface area contributed by atoms with Crippen molar-refractivity contribution in [2.75, 3.05) is 0 Å². The van der Waals surface area contributed by atoms with Crippen molar-refractivity contribution in [1.29, 1.82) is 0 Å². The molecule has 0 fully saturated rings. The second-order valence-corrected chi connectivity index (χ2v) is 4.62. The Morgan fingerprint density at radius 3 is 2.95 bits per heavy atom. The summed E-state index contributed by atoms with van der Waals surface area (Å²) in [5.74, 6) is -1.01. The molecule has 3 rings (SSSR count). The predicted octanol–water partition coefficient (Wildman–Crippen LogP) is 2.92. The molecule has 0 aliphatic carbocycles. The number of benzene rings is 1. The molecule has 0 bridgehead atoms. The number of halogens is 1. The van der Waals surface area contributed by atoms with Crippen LogP contribution in [0.3, 0.4) is 0 Å². The molecule has 2 aromatic heterocycles. The number of rotatable bonds is 2. The summed E-state index contributed by atoms with van der Waals surface area (Å²) in [7, 11) is 1.60. The second-order valence-electron chi connectivity index (χ2n) is 4.21. The number of fused-ring (bicyclic) bond motifs is 1. The fraction of sp³-hybridized carbons (Fsp3) is 0.0769. The lowest BCUT2D eigenvalue weighted by atomic mass is 10.1. The largest absolute Gasteiger partial charge is 0.477 e. The van der Waals surface area contributed by atoms with Gasteiger partial charge in [-0.2, -0.15) is 5.10 Å². The molecule has 0 aliphatic rings. The standard InChI is InChI=1S/C13H10ClN3O2/c1-17-11(13(18)19)5-10(16-17)7-6-15-9-4-2-3-8(14)12(7)9/h2-6,15H,1H3,(H,18,19). The summed E-state index contributed by atoms with van der Waals surface area (Å²) in [6, 6.07) is 7.09. The van der Waals surface area contributed by atoms with Gasteiger partial charge in [0.05, 0.1) is 10.7 Å². The maximum absolute atomic E-state index is 11.0. The van der Waals surface area contributed by atoms with Gasteiger partial charge < -0.3 is 10.1 Å². The van der Waals surface area contributed by atoms with Gasteiger partial charge >= 0.3 is 5.97 Å². The zero-order valence-electron chi connectivity index (χ0n) is 10.0. The number of aromatic carboxylic acids is 1. The van der Waals surface area contributed by atoms with Crippen LogP contribution in [0.1, 0.15) is 10.5 Å². The highest BCUT2D eigenvalue weighted by Crippen LogP contribution is 2.33. The zero-order chi connectivity index (χ0) is 13.6. The van der Waals surface area contributed by atoms with Gasteiger partial charge in [0, 0.05) is 29.7 Å². The molecule has 0 unspecified atom stereocenters. The van der Waals surface area contributed by atoms with E-state index in [1.807, 2.05) is 12.1 Å². The normalized spacial score (nSPS) is 11.1. The molecule has 0 radical (unpaired) electrons. The predicted molar refractivity (Wildman–Crippen MR) is 72.5 cm³/mol. The fourth-order valence-electron chi connectivity index (χ4n) is 2.14. The third kappa shape index (κ3) is 1.79. The van der Waals surface area contributed by atoms with Gasteiger partial charge in [-0.25, -0.2) is 4.79 Å². The molecule has 0 saturated heterocycles. The molecule has 0 aliphatic heterocycles. The van der Waals surface area contributed by atoms with E-state index >= 15 is 0 Å². The van der Waals surface area contributed by atoms with Gasteiger partial charge in [-0.1, -0.05) is 17.7 Å². The minimum absolute atomic E-state index is 0.136. The summed E-state index contributed by atoms with van der Waals surface area (Å²) in [6.45, 7) is 0. The highest BCUT2D eigenvalue weighted by atomic mass is 35.5. The Balaban J connectivity index is 2.25. The number of nitrogens with zero attached hydrogens (tertiary/aromatic N) is 2. The van der Waals surface area contributed by atoms with Crippen molar-refractivity contribution in [3.05, 3.63) is 41.2 Å². The smallest absolute Gasteiger partial charge is 0.354 e. The third-order valence-corrected chi connectivity index (χ3v) is 3.34. The van der Waals surface area contributed by atoms with E-state index < -0.39 is 5.97 Å². The summed E-state index contributed by atoms with van der Waals surface area (Å²) in [4.78, 5) is 14.1. The van der Waals surface area contributed by atoms with Crippen molar-refractivity contribution >= 4 is 28.5 Å². The summed E-state index contributed by atoms with van der Waals surface area (Å²) < 4.78 is 1.34. The van der Waals surface area contributed by atoms with Gasteiger partial charge in [-0.3, -0.25) is 4.68 Å². The summed E-state index contributed by atoms with van der Waals surface area (Å²) in [6.07, 6.45) is 1.78. The number of hydrogen-bond acceptors (Lipinski definition) is 2. The first kappa shape index (κ1) is 11.8. The van der Waals surface area contributed by atoms with Crippen LogP contribution < -0.4 is 0 Å².